The van der Waals surface area contributed by atoms with E-state index in [1.54, 1.807) is 0 Å². The summed E-state index contributed by atoms with van der Waals surface area (Å²) >= 11 is 2.28. The maximum atomic E-state index is 10.9. The Labute approximate surface area is 229 Å². The first kappa shape index (κ1) is 35.9. The Morgan fingerprint density at radius 1 is 0.649 bits per heavy atom. The van der Waals surface area contributed by atoms with E-state index in [-0.39, 0.29) is 26.1 Å². The molecule has 0 saturated carbocycles. The van der Waals surface area contributed by atoms with Crippen LogP contribution in [0.3, 0.4) is 0 Å². The van der Waals surface area contributed by atoms with Gasteiger partial charge in [0.2, 0.25) is 0 Å². The van der Waals surface area contributed by atoms with Crippen molar-refractivity contribution >= 4 is 58.4 Å². The number of ether oxygens (including phenoxy) is 6. The molecule has 2 atom stereocenters. The lowest BCUT2D eigenvalue weighted by atomic mass is 10.2. The Morgan fingerprint density at radius 2 is 1.00 bits per heavy atom. The van der Waals surface area contributed by atoms with E-state index in [0.717, 1.165) is 0 Å². The van der Waals surface area contributed by atoms with E-state index >= 15 is 0 Å². The molecular weight excluding hydrogens is 607 g/mol. The average Bonchev–Trinajstić information content (AvgIpc) is 2.81. The molecule has 0 heterocycles. The second-order valence-electron chi connectivity index (χ2n) is 6.92. The summed E-state index contributed by atoms with van der Waals surface area (Å²) in [4.78, 5) is 64.1. The van der Waals surface area contributed by atoms with Crippen molar-refractivity contribution < 1.29 is 57.2 Å². The molecule has 1 aromatic carbocycles. The Kier molecular flexibility index (Phi) is 21.4. The Morgan fingerprint density at radius 3 is 1.22 bits per heavy atom. The van der Waals surface area contributed by atoms with Gasteiger partial charge in [0.25, 0.3) is 0 Å². The van der Waals surface area contributed by atoms with Crippen LogP contribution in [-0.4, -0.2) is 75.5 Å². The highest BCUT2D eigenvalue weighted by Gasteiger charge is 2.19. The zero-order chi connectivity index (χ0) is 28.8. The SMILES string of the molecule is COC(=O)CC(COC(C)=O)OC(C)=O.COC(=O)CC(COC(C)=O)OC(C)=O.Ic1ccccc1. The van der Waals surface area contributed by atoms with Crippen molar-refractivity contribution in [3.8, 4) is 0 Å². The second-order valence-corrected chi connectivity index (χ2v) is 8.17. The van der Waals surface area contributed by atoms with Gasteiger partial charge in [-0.1, -0.05) is 18.2 Å². The monoisotopic (exact) mass is 640 g/mol. The van der Waals surface area contributed by atoms with E-state index in [1.165, 1.54) is 45.5 Å². The smallest absolute Gasteiger partial charge is 0.309 e. The topological polar surface area (TPSA) is 158 Å². The maximum absolute atomic E-state index is 10.9. The summed E-state index contributed by atoms with van der Waals surface area (Å²) in [7, 11) is 2.44. The predicted octanol–water partition coefficient (Wildman–Crippen LogP) is 2.38. The van der Waals surface area contributed by atoms with Crippen molar-refractivity contribution in [2.45, 2.75) is 52.7 Å². The normalized spacial score (nSPS) is 10.9. The maximum Gasteiger partial charge on any atom is 0.309 e. The van der Waals surface area contributed by atoms with Crippen LogP contribution in [-0.2, 0) is 57.2 Å². The molecule has 13 heteroatoms. The van der Waals surface area contributed by atoms with Crippen molar-refractivity contribution in [1.29, 1.82) is 0 Å². The number of rotatable bonds is 10. The van der Waals surface area contributed by atoms with Gasteiger partial charge < -0.3 is 28.4 Å². The van der Waals surface area contributed by atoms with E-state index in [2.05, 4.69) is 53.7 Å². The van der Waals surface area contributed by atoms with Gasteiger partial charge in [0.15, 0.2) is 0 Å². The molecule has 2 unspecified atom stereocenters. The fourth-order valence-corrected chi connectivity index (χ4v) is 2.53. The molecule has 37 heavy (non-hydrogen) atoms. The second kappa shape index (κ2) is 22.0. The van der Waals surface area contributed by atoms with Gasteiger partial charge in [-0.05, 0) is 34.7 Å². The highest BCUT2D eigenvalue weighted by molar-refractivity contribution is 14.1. The molecule has 0 saturated heterocycles. The Balaban J connectivity index is 0. The third-order valence-electron chi connectivity index (χ3n) is 3.59. The number of benzene rings is 1. The quantitative estimate of drug-likeness (QED) is 0.209. The van der Waals surface area contributed by atoms with Crippen LogP contribution in [0, 0.1) is 3.57 Å². The van der Waals surface area contributed by atoms with E-state index in [0.29, 0.717) is 0 Å². The number of hydrogen-bond acceptors (Lipinski definition) is 12. The van der Waals surface area contributed by atoms with Gasteiger partial charge in [0.05, 0.1) is 27.1 Å². The van der Waals surface area contributed by atoms with Crippen LogP contribution in [0.25, 0.3) is 0 Å². The zero-order valence-corrected chi connectivity index (χ0v) is 23.8. The lowest BCUT2D eigenvalue weighted by Crippen LogP contribution is -2.27. The van der Waals surface area contributed by atoms with Crippen molar-refractivity contribution in [3.05, 3.63) is 33.9 Å². The zero-order valence-electron chi connectivity index (χ0n) is 21.6. The molecule has 0 aliphatic carbocycles. The molecule has 0 radical (unpaired) electrons. The summed E-state index contributed by atoms with van der Waals surface area (Å²) in [5, 5.41) is 0. The summed E-state index contributed by atoms with van der Waals surface area (Å²) < 4.78 is 28.9. The van der Waals surface area contributed by atoms with Gasteiger partial charge in [-0.15, -0.1) is 0 Å². The minimum absolute atomic E-state index is 0.136. The number of carbonyl (C=O) groups is 6. The molecule has 0 amide bonds. The van der Waals surface area contributed by atoms with Gasteiger partial charge in [0.1, 0.15) is 25.4 Å². The molecule has 0 fully saturated rings. The third kappa shape index (κ3) is 25.7. The van der Waals surface area contributed by atoms with E-state index in [4.69, 9.17) is 9.47 Å². The first-order valence-corrected chi connectivity index (χ1v) is 11.8. The molecule has 0 N–H and O–H groups in total. The third-order valence-corrected chi connectivity index (χ3v) is 4.31. The van der Waals surface area contributed by atoms with Gasteiger partial charge >= 0.3 is 35.8 Å². The summed E-state index contributed by atoms with van der Waals surface area (Å²) in [5.74, 6) is -3.16. The van der Waals surface area contributed by atoms with Crippen molar-refractivity contribution in [3.63, 3.8) is 0 Å². The molecule has 0 aliphatic heterocycles. The van der Waals surface area contributed by atoms with Crippen LogP contribution < -0.4 is 0 Å². The molecule has 0 aliphatic rings. The first-order chi connectivity index (χ1) is 17.3. The molecule has 0 spiro atoms. The van der Waals surface area contributed by atoms with E-state index in [1.807, 2.05) is 18.2 Å². The standard InChI is InChI=1S/2C9H14O6.C6H5I/c2*1-6(10)14-5-8(15-7(2)11)4-9(12)13-3;7-6-4-2-1-3-5-6/h2*8H,4-5H2,1-3H3;1-5H. The van der Waals surface area contributed by atoms with Gasteiger partial charge in [-0.2, -0.15) is 0 Å². The van der Waals surface area contributed by atoms with Crippen LogP contribution in [0.5, 0.6) is 0 Å². The number of carbonyl (C=O) groups excluding carboxylic acids is 6. The molecule has 1 aromatic rings. The van der Waals surface area contributed by atoms with Crippen molar-refractivity contribution in [1.82, 2.24) is 0 Å². The van der Waals surface area contributed by atoms with E-state index in [9.17, 15) is 28.8 Å². The van der Waals surface area contributed by atoms with Crippen molar-refractivity contribution in [2.75, 3.05) is 27.4 Å². The van der Waals surface area contributed by atoms with Crippen LogP contribution in [0.15, 0.2) is 30.3 Å². The molecule has 1 rings (SSSR count). The Bertz CT molecular complexity index is 805. The van der Waals surface area contributed by atoms with Gasteiger partial charge in [-0.25, -0.2) is 0 Å². The predicted molar refractivity (Wildman–Crippen MR) is 137 cm³/mol. The fourth-order valence-electron chi connectivity index (χ4n) is 2.11. The highest BCUT2D eigenvalue weighted by atomic mass is 127. The largest absolute Gasteiger partial charge is 0.469 e. The fraction of sp³-hybridized carbons (Fsp3) is 0.500. The molecule has 208 valence electrons. The summed E-state index contributed by atoms with van der Waals surface area (Å²) in [6, 6.07) is 10.2. The minimum atomic E-state index is -0.793. The van der Waals surface area contributed by atoms with E-state index < -0.39 is 48.0 Å². The Hall–Kier alpha value is -3.23. The van der Waals surface area contributed by atoms with Crippen LogP contribution in [0.4, 0.5) is 0 Å². The van der Waals surface area contributed by atoms with Gasteiger partial charge in [-0.3, -0.25) is 28.8 Å². The number of esters is 6. The van der Waals surface area contributed by atoms with Crippen molar-refractivity contribution in [2.24, 2.45) is 0 Å². The minimum Gasteiger partial charge on any atom is -0.469 e. The molecule has 0 aromatic heterocycles. The first-order valence-electron chi connectivity index (χ1n) is 10.8. The number of methoxy groups -OCH3 is 2. The molecular formula is C24H33IO12. The van der Waals surface area contributed by atoms with Crippen LogP contribution >= 0.6 is 22.6 Å². The molecule has 12 nitrogen and oxygen atoms in total. The van der Waals surface area contributed by atoms with Crippen LogP contribution in [0.2, 0.25) is 0 Å². The lowest BCUT2D eigenvalue weighted by Gasteiger charge is -2.15. The summed E-state index contributed by atoms with van der Waals surface area (Å²) in [6.07, 6.45) is -1.86. The highest BCUT2D eigenvalue weighted by Crippen LogP contribution is 2.03. The van der Waals surface area contributed by atoms with Crippen LogP contribution in [0.1, 0.15) is 40.5 Å². The number of hydrogen-bond donors (Lipinski definition) is 0. The molecule has 0 bridgehead atoms. The lowest BCUT2D eigenvalue weighted by molar-refractivity contribution is -0.161. The summed E-state index contributed by atoms with van der Waals surface area (Å²) in [6.45, 7) is 4.57. The van der Waals surface area contributed by atoms with Gasteiger partial charge in [0, 0.05) is 31.3 Å². The number of halogens is 1. The summed E-state index contributed by atoms with van der Waals surface area (Å²) in [5.41, 5.74) is 0. The average molecular weight is 640 g/mol.